The van der Waals surface area contributed by atoms with Crippen molar-refractivity contribution in [3.8, 4) is 0 Å². The molecule has 25 heavy (non-hydrogen) atoms. The topological polar surface area (TPSA) is 6.25 Å². The average Bonchev–Trinajstić information content (AvgIpc) is 2.95. The van der Waals surface area contributed by atoms with E-state index in [1.165, 1.54) is 33.0 Å². The van der Waals surface area contributed by atoms with Gasteiger partial charge in [0.05, 0.1) is 4.90 Å². The molecule has 2 nitrogen and oxygen atoms in total. The van der Waals surface area contributed by atoms with Crippen LogP contribution in [-0.4, -0.2) is 29.3 Å². The lowest BCUT2D eigenvalue weighted by Crippen LogP contribution is -3.00. The molecule has 3 rings (SSSR count). The van der Waals surface area contributed by atoms with Crippen LogP contribution in [0.25, 0.3) is 0 Å². The number of aryl methyl sites for hydroxylation is 3. The van der Waals surface area contributed by atoms with Crippen molar-refractivity contribution in [3.05, 3.63) is 53.1 Å². The Morgan fingerprint density at radius 3 is 2.32 bits per heavy atom. The maximum Gasteiger partial charge on any atom is 0.244 e. The van der Waals surface area contributed by atoms with Crippen molar-refractivity contribution in [1.29, 1.82) is 0 Å². The van der Waals surface area contributed by atoms with Gasteiger partial charge in [-0.2, -0.15) is 0 Å². The van der Waals surface area contributed by atoms with Gasteiger partial charge in [0.1, 0.15) is 24.5 Å². The lowest BCUT2D eigenvalue weighted by Gasteiger charge is -2.13. The molecular weight excluding hydrogens is 348 g/mol. The first kappa shape index (κ1) is 19.9. The normalized spacial score (nSPS) is 13.8. The molecule has 0 aromatic heterocycles. The zero-order chi connectivity index (χ0) is 17.3. The molecule has 2 aromatic carbocycles. The van der Waals surface area contributed by atoms with Gasteiger partial charge >= 0.3 is 0 Å². The van der Waals surface area contributed by atoms with Crippen molar-refractivity contribution >= 4 is 29.5 Å². The molecule has 4 heteroatoms. The SMILES string of the molecule is Cc1cc(C)c([N+]2=CN(c3ccccc3SC(C)C)CC2)c(C)c1.[Cl-]. The highest BCUT2D eigenvalue weighted by Gasteiger charge is 2.26. The summed E-state index contributed by atoms with van der Waals surface area (Å²) >= 11 is 1.94. The predicted molar refractivity (Wildman–Crippen MR) is 106 cm³/mol. The molecule has 0 aliphatic carbocycles. The molecule has 1 aliphatic rings. The van der Waals surface area contributed by atoms with Gasteiger partial charge in [0.15, 0.2) is 0 Å². The zero-order valence-electron chi connectivity index (χ0n) is 15.7. The van der Waals surface area contributed by atoms with E-state index in [-0.39, 0.29) is 12.4 Å². The highest BCUT2D eigenvalue weighted by Crippen LogP contribution is 2.34. The van der Waals surface area contributed by atoms with E-state index in [0.717, 1.165) is 13.1 Å². The Hall–Kier alpha value is -1.45. The Morgan fingerprint density at radius 1 is 1.04 bits per heavy atom. The van der Waals surface area contributed by atoms with Gasteiger partial charge in [-0.1, -0.05) is 43.7 Å². The average molecular weight is 375 g/mol. The minimum atomic E-state index is 0. The lowest BCUT2D eigenvalue weighted by molar-refractivity contribution is -0.425. The maximum atomic E-state index is 2.40. The molecule has 0 bridgehead atoms. The van der Waals surface area contributed by atoms with Crippen molar-refractivity contribution in [3.63, 3.8) is 0 Å². The van der Waals surface area contributed by atoms with Crippen molar-refractivity contribution in [1.82, 2.24) is 0 Å². The molecule has 0 saturated heterocycles. The molecule has 0 spiro atoms. The van der Waals surface area contributed by atoms with Crippen LogP contribution in [0.4, 0.5) is 11.4 Å². The Bertz CT molecular complexity index is 760. The van der Waals surface area contributed by atoms with Crippen molar-refractivity contribution in [2.24, 2.45) is 0 Å². The third kappa shape index (κ3) is 4.39. The van der Waals surface area contributed by atoms with Gasteiger partial charge in [-0.3, -0.25) is 0 Å². The summed E-state index contributed by atoms with van der Waals surface area (Å²) < 4.78 is 2.40. The van der Waals surface area contributed by atoms with Crippen LogP contribution in [0.5, 0.6) is 0 Å². The van der Waals surface area contributed by atoms with Crippen LogP contribution in [0.3, 0.4) is 0 Å². The maximum absolute atomic E-state index is 2.40. The number of anilines is 1. The van der Waals surface area contributed by atoms with E-state index in [0.29, 0.717) is 5.25 Å². The van der Waals surface area contributed by atoms with Crippen LogP contribution < -0.4 is 17.3 Å². The molecule has 0 radical (unpaired) electrons. The second-order valence-corrected chi connectivity index (χ2v) is 8.50. The largest absolute Gasteiger partial charge is 1.00 e. The molecule has 0 unspecified atom stereocenters. The third-order valence-corrected chi connectivity index (χ3v) is 5.39. The fourth-order valence-corrected chi connectivity index (χ4v) is 4.50. The number of rotatable bonds is 4. The van der Waals surface area contributed by atoms with Crippen molar-refractivity contribution in [2.45, 2.75) is 44.8 Å². The van der Waals surface area contributed by atoms with Crippen LogP contribution in [-0.2, 0) is 0 Å². The Balaban J connectivity index is 0.00000225. The van der Waals surface area contributed by atoms with Gasteiger partial charge in [0.2, 0.25) is 6.34 Å². The summed E-state index contributed by atoms with van der Waals surface area (Å²) in [4.78, 5) is 3.76. The van der Waals surface area contributed by atoms with E-state index in [1.54, 1.807) is 0 Å². The first-order valence-electron chi connectivity index (χ1n) is 8.67. The minimum Gasteiger partial charge on any atom is -1.00 e. The van der Waals surface area contributed by atoms with Crippen LogP contribution in [0.15, 0.2) is 41.3 Å². The van der Waals surface area contributed by atoms with Crippen LogP contribution in [0, 0.1) is 20.8 Å². The molecule has 1 aliphatic heterocycles. The quantitative estimate of drug-likeness (QED) is 0.598. The van der Waals surface area contributed by atoms with Gasteiger partial charge < -0.3 is 12.4 Å². The van der Waals surface area contributed by atoms with E-state index in [4.69, 9.17) is 0 Å². The molecule has 0 saturated carbocycles. The summed E-state index contributed by atoms with van der Waals surface area (Å²) in [5.41, 5.74) is 6.73. The molecule has 1 heterocycles. The smallest absolute Gasteiger partial charge is 0.244 e. The summed E-state index contributed by atoms with van der Waals surface area (Å²) in [6.45, 7) is 13.2. The second kappa shape index (κ2) is 8.29. The molecule has 2 aromatic rings. The summed E-state index contributed by atoms with van der Waals surface area (Å²) in [5.74, 6) is 0. The number of thioether (sulfide) groups is 1. The zero-order valence-corrected chi connectivity index (χ0v) is 17.3. The predicted octanol–water partition coefficient (Wildman–Crippen LogP) is 2.31. The van der Waals surface area contributed by atoms with Crippen LogP contribution in [0.1, 0.15) is 30.5 Å². The van der Waals surface area contributed by atoms with E-state index in [9.17, 15) is 0 Å². The molecular formula is C21H27ClN2S. The van der Waals surface area contributed by atoms with Gasteiger partial charge in [0.25, 0.3) is 0 Å². The molecule has 0 fully saturated rings. The van der Waals surface area contributed by atoms with E-state index in [2.05, 4.69) is 86.8 Å². The number of hydrogen-bond acceptors (Lipinski definition) is 2. The van der Waals surface area contributed by atoms with Gasteiger partial charge in [-0.05, 0) is 44.0 Å². The van der Waals surface area contributed by atoms with E-state index < -0.39 is 0 Å². The minimum absolute atomic E-state index is 0. The number of nitrogens with zero attached hydrogens (tertiary/aromatic N) is 2. The fourth-order valence-electron chi connectivity index (χ4n) is 3.52. The lowest BCUT2D eigenvalue weighted by atomic mass is 10.0. The van der Waals surface area contributed by atoms with Gasteiger partial charge in [-0.25, -0.2) is 9.48 Å². The van der Waals surface area contributed by atoms with Crippen LogP contribution >= 0.6 is 11.8 Å². The van der Waals surface area contributed by atoms with Gasteiger partial charge in [-0.15, -0.1) is 11.8 Å². The monoisotopic (exact) mass is 374 g/mol. The van der Waals surface area contributed by atoms with Crippen molar-refractivity contribution in [2.75, 3.05) is 18.0 Å². The standard InChI is InChI=1S/C21H27N2S.ClH/c1-15(2)24-20-9-7-6-8-19(20)22-10-11-23(14-22)21-17(4)12-16(3)13-18(21)5;/h6-9,12-15H,10-11H2,1-5H3;1H/q+1;/p-1. The first-order valence-corrected chi connectivity index (χ1v) is 9.55. The molecule has 0 amide bonds. The second-order valence-electron chi connectivity index (χ2n) is 6.88. The number of benzene rings is 2. The molecule has 134 valence electrons. The van der Waals surface area contributed by atoms with Gasteiger partial charge in [0, 0.05) is 5.25 Å². The first-order chi connectivity index (χ1) is 11.5. The Morgan fingerprint density at radius 2 is 1.68 bits per heavy atom. The number of halogens is 1. The third-order valence-electron chi connectivity index (χ3n) is 4.32. The molecule has 0 N–H and O–H groups in total. The highest BCUT2D eigenvalue weighted by atomic mass is 35.5. The van der Waals surface area contributed by atoms with E-state index in [1.807, 2.05) is 11.8 Å². The van der Waals surface area contributed by atoms with E-state index >= 15 is 0 Å². The fraction of sp³-hybridized carbons (Fsp3) is 0.381. The summed E-state index contributed by atoms with van der Waals surface area (Å²) in [6.07, 6.45) is 2.28. The summed E-state index contributed by atoms with van der Waals surface area (Å²) in [7, 11) is 0. The summed E-state index contributed by atoms with van der Waals surface area (Å²) in [5, 5.41) is 0.589. The van der Waals surface area contributed by atoms with Crippen LogP contribution in [0.2, 0.25) is 0 Å². The van der Waals surface area contributed by atoms with Crippen molar-refractivity contribution < 1.29 is 17.0 Å². The number of para-hydroxylation sites is 1. The summed E-state index contributed by atoms with van der Waals surface area (Å²) in [6, 6.07) is 13.3. The Labute approximate surface area is 162 Å². The Kier molecular flexibility index (Phi) is 6.59. The highest BCUT2D eigenvalue weighted by molar-refractivity contribution is 8.00. The molecule has 0 atom stereocenters. The number of hydrogen-bond donors (Lipinski definition) is 0.